The molecular weight excluding hydrogens is 395 g/mol. The maximum atomic E-state index is 3.59. The maximum Gasteiger partial charge on any atom is 0.0395 e. The number of halogens is 2. The largest absolute Gasteiger partial charge is 0.135 e. The average Bonchev–Trinajstić information content (AvgIpc) is 2.62. The molecule has 3 rings (SSSR count). The highest BCUT2D eigenvalue weighted by Gasteiger charge is 2.08. The molecule has 0 saturated heterocycles. The number of fused-ring (bicyclic) bond motifs is 3. The molecule has 0 unspecified atom stereocenters. The molecule has 0 amide bonds. The molecule has 0 atom stereocenters. The highest BCUT2D eigenvalue weighted by Crippen LogP contribution is 2.38. The van der Waals surface area contributed by atoms with Crippen molar-refractivity contribution in [2.45, 2.75) is 6.92 Å². The summed E-state index contributed by atoms with van der Waals surface area (Å²) < 4.78 is 5.27. The predicted molar refractivity (Wildman–Crippen MR) is 84.5 cm³/mol. The molecular formula is C13H8BrIS. The first kappa shape index (κ1) is 11.0. The molecule has 3 aromatic rings. The van der Waals surface area contributed by atoms with Gasteiger partial charge in [0.05, 0.1) is 0 Å². The minimum atomic E-state index is 1.20. The fourth-order valence-electron chi connectivity index (χ4n) is 1.92. The van der Waals surface area contributed by atoms with Crippen molar-refractivity contribution in [2.75, 3.05) is 0 Å². The Labute approximate surface area is 120 Å². The molecule has 80 valence electrons. The zero-order valence-corrected chi connectivity index (χ0v) is 13.1. The van der Waals surface area contributed by atoms with Crippen LogP contribution in [0.4, 0.5) is 0 Å². The fourth-order valence-corrected chi connectivity index (χ4v) is 4.33. The van der Waals surface area contributed by atoms with Crippen molar-refractivity contribution in [3.05, 3.63) is 43.9 Å². The molecule has 3 heteroatoms. The highest BCUT2D eigenvalue weighted by atomic mass is 127. The third kappa shape index (κ3) is 1.60. The van der Waals surface area contributed by atoms with Gasteiger partial charge < -0.3 is 0 Å². The summed E-state index contributed by atoms with van der Waals surface area (Å²) in [4.78, 5) is 0. The normalized spacial score (nSPS) is 11.4. The van der Waals surface area contributed by atoms with Gasteiger partial charge in [0.25, 0.3) is 0 Å². The van der Waals surface area contributed by atoms with E-state index in [2.05, 4.69) is 75.8 Å². The third-order valence-electron chi connectivity index (χ3n) is 2.79. The van der Waals surface area contributed by atoms with Gasteiger partial charge in [-0.2, -0.15) is 0 Å². The highest BCUT2D eigenvalue weighted by molar-refractivity contribution is 14.1. The molecule has 1 heterocycles. The van der Waals surface area contributed by atoms with Crippen molar-refractivity contribution in [2.24, 2.45) is 0 Å². The van der Waals surface area contributed by atoms with Crippen LogP contribution in [0.5, 0.6) is 0 Å². The van der Waals surface area contributed by atoms with Crippen molar-refractivity contribution >= 4 is 70.0 Å². The molecule has 0 radical (unpaired) electrons. The summed E-state index contributed by atoms with van der Waals surface area (Å²) in [6, 6.07) is 11.0. The molecule has 16 heavy (non-hydrogen) atoms. The molecule has 0 nitrogen and oxygen atoms in total. The summed E-state index contributed by atoms with van der Waals surface area (Å²) in [6.07, 6.45) is 0. The molecule has 0 fully saturated rings. The number of aryl methyl sites for hydroxylation is 1. The Bertz CT molecular complexity index is 700. The van der Waals surface area contributed by atoms with Crippen LogP contribution in [0.3, 0.4) is 0 Å². The second kappa shape index (κ2) is 3.96. The van der Waals surface area contributed by atoms with E-state index in [1.807, 2.05) is 11.3 Å². The molecule has 0 aliphatic carbocycles. The molecule has 0 saturated carbocycles. The molecule has 0 aliphatic rings. The van der Waals surface area contributed by atoms with Gasteiger partial charge in [-0.15, -0.1) is 11.3 Å². The van der Waals surface area contributed by atoms with Crippen LogP contribution in [-0.2, 0) is 0 Å². The Morgan fingerprint density at radius 3 is 2.69 bits per heavy atom. The van der Waals surface area contributed by atoms with Gasteiger partial charge in [-0.1, -0.05) is 28.1 Å². The van der Waals surface area contributed by atoms with Crippen molar-refractivity contribution in [3.63, 3.8) is 0 Å². The Morgan fingerprint density at radius 2 is 1.88 bits per heavy atom. The van der Waals surface area contributed by atoms with Crippen molar-refractivity contribution in [3.8, 4) is 0 Å². The molecule has 2 aromatic carbocycles. The molecule has 1 aromatic heterocycles. The van der Waals surface area contributed by atoms with Crippen LogP contribution in [0.25, 0.3) is 20.2 Å². The van der Waals surface area contributed by atoms with E-state index >= 15 is 0 Å². The first-order chi connectivity index (χ1) is 7.66. The third-order valence-corrected chi connectivity index (χ3v) is 5.60. The van der Waals surface area contributed by atoms with Gasteiger partial charge in [0.2, 0.25) is 0 Å². The van der Waals surface area contributed by atoms with Crippen LogP contribution in [0.2, 0.25) is 0 Å². The molecule has 0 N–H and O–H groups in total. The van der Waals surface area contributed by atoms with Gasteiger partial charge in [0.1, 0.15) is 0 Å². The molecule has 0 bridgehead atoms. The van der Waals surface area contributed by atoms with Gasteiger partial charge in [0.15, 0.2) is 0 Å². The number of hydrogen-bond acceptors (Lipinski definition) is 1. The summed E-state index contributed by atoms with van der Waals surface area (Å²) in [5, 5.41) is 2.74. The topological polar surface area (TPSA) is 0 Å². The van der Waals surface area contributed by atoms with E-state index in [-0.39, 0.29) is 0 Å². The van der Waals surface area contributed by atoms with E-state index in [0.717, 1.165) is 0 Å². The Kier molecular flexibility index (Phi) is 2.72. The van der Waals surface area contributed by atoms with Gasteiger partial charge in [-0.05, 0) is 53.3 Å². The maximum absolute atomic E-state index is 3.59. The van der Waals surface area contributed by atoms with E-state index in [4.69, 9.17) is 0 Å². The van der Waals surface area contributed by atoms with E-state index < -0.39 is 0 Å². The van der Waals surface area contributed by atoms with Gasteiger partial charge in [-0.3, -0.25) is 0 Å². The lowest BCUT2D eigenvalue weighted by Gasteiger charge is -1.98. The summed E-state index contributed by atoms with van der Waals surface area (Å²) in [6.45, 7) is 2.17. The zero-order chi connectivity index (χ0) is 11.3. The van der Waals surface area contributed by atoms with Crippen LogP contribution in [-0.4, -0.2) is 0 Å². The lowest BCUT2D eigenvalue weighted by molar-refractivity contribution is 1.51. The smallest absolute Gasteiger partial charge is 0.0395 e. The van der Waals surface area contributed by atoms with E-state index in [0.29, 0.717) is 0 Å². The summed E-state index contributed by atoms with van der Waals surface area (Å²) in [5.74, 6) is 0. The first-order valence-electron chi connectivity index (χ1n) is 4.93. The van der Waals surface area contributed by atoms with Crippen LogP contribution >= 0.6 is 49.9 Å². The minimum absolute atomic E-state index is 1.20. The SMILES string of the molecule is Cc1c(Br)ccc2c1sc1cc(I)ccc12. The average molecular weight is 403 g/mol. The summed E-state index contributed by atoms with van der Waals surface area (Å²) >= 11 is 7.84. The second-order valence-electron chi connectivity index (χ2n) is 3.79. The van der Waals surface area contributed by atoms with Crippen LogP contribution < -0.4 is 0 Å². The number of benzene rings is 2. The van der Waals surface area contributed by atoms with Crippen molar-refractivity contribution < 1.29 is 0 Å². The lowest BCUT2D eigenvalue weighted by atomic mass is 10.1. The number of thiophene rings is 1. The van der Waals surface area contributed by atoms with E-state index in [1.165, 1.54) is 33.8 Å². The fraction of sp³-hybridized carbons (Fsp3) is 0.0769. The summed E-state index contributed by atoms with van der Waals surface area (Å²) in [5.41, 5.74) is 1.34. The monoisotopic (exact) mass is 402 g/mol. The standard InChI is InChI=1S/C13H8BrIS/c1-7-11(14)5-4-10-9-3-2-8(15)6-12(9)16-13(7)10/h2-6H,1H3. The molecule has 0 spiro atoms. The molecule has 0 aliphatic heterocycles. The Hall–Kier alpha value is -0.130. The van der Waals surface area contributed by atoms with E-state index in [9.17, 15) is 0 Å². The van der Waals surface area contributed by atoms with Crippen LogP contribution in [0.1, 0.15) is 5.56 Å². The minimum Gasteiger partial charge on any atom is -0.135 e. The Balaban J connectivity index is 2.55. The van der Waals surface area contributed by atoms with Gasteiger partial charge in [0, 0.05) is 28.2 Å². The van der Waals surface area contributed by atoms with Crippen LogP contribution in [0.15, 0.2) is 34.8 Å². The number of hydrogen-bond donors (Lipinski definition) is 0. The summed E-state index contributed by atoms with van der Waals surface area (Å²) in [7, 11) is 0. The second-order valence-corrected chi connectivity index (χ2v) is 6.94. The van der Waals surface area contributed by atoms with Crippen molar-refractivity contribution in [1.29, 1.82) is 0 Å². The number of rotatable bonds is 0. The van der Waals surface area contributed by atoms with Crippen molar-refractivity contribution in [1.82, 2.24) is 0 Å². The van der Waals surface area contributed by atoms with Gasteiger partial charge >= 0.3 is 0 Å². The Morgan fingerprint density at radius 1 is 1.12 bits per heavy atom. The van der Waals surface area contributed by atoms with Crippen LogP contribution in [0, 0.1) is 10.5 Å². The quantitative estimate of drug-likeness (QED) is 0.421. The predicted octanol–water partition coefficient (Wildman–Crippen LogP) is 5.73. The lowest BCUT2D eigenvalue weighted by Crippen LogP contribution is -1.74. The first-order valence-corrected chi connectivity index (χ1v) is 7.62. The van der Waals surface area contributed by atoms with E-state index in [1.54, 1.807) is 0 Å². The zero-order valence-electron chi connectivity index (χ0n) is 8.55. The van der Waals surface area contributed by atoms with Gasteiger partial charge in [-0.25, -0.2) is 0 Å².